The molecule has 1 aromatic carbocycles. The highest BCUT2D eigenvalue weighted by molar-refractivity contribution is 5.82. The fraction of sp³-hybridized carbons (Fsp3) is 0.556. The van der Waals surface area contributed by atoms with Crippen molar-refractivity contribution in [2.45, 2.75) is 45.4 Å². The molecule has 0 saturated carbocycles. The second-order valence-corrected chi connectivity index (χ2v) is 6.83. The Labute approximate surface area is 147 Å². The molecule has 0 aliphatic carbocycles. The van der Waals surface area contributed by atoms with E-state index in [0.29, 0.717) is 17.9 Å². The normalized spacial score (nSPS) is 16.7. The van der Waals surface area contributed by atoms with E-state index in [-0.39, 0.29) is 6.54 Å². The summed E-state index contributed by atoms with van der Waals surface area (Å²) < 4.78 is 21.0. The number of methoxy groups -OCH3 is 3. The lowest BCUT2D eigenvalue weighted by Crippen LogP contribution is -2.50. The van der Waals surface area contributed by atoms with Crippen molar-refractivity contribution in [1.29, 1.82) is 0 Å². The number of fused-ring (bicyclic) bond motifs is 1. The zero-order chi connectivity index (χ0) is 18.8. The van der Waals surface area contributed by atoms with Gasteiger partial charge in [-0.25, -0.2) is 9.59 Å². The summed E-state index contributed by atoms with van der Waals surface area (Å²) in [6, 6.07) is 2.90. The maximum Gasteiger partial charge on any atom is 0.411 e. The molecule has 0 spiro atoms. The lowest BCUT2D eigenvalue weighted by molar-refractivity contribution is -0.147. The van der Waals surface area contributed by atoms with Crippen LogP contribution in [0.4, 0.5) is 4.79 Å². The van der Waals surface area contributed by atoms with Crippen molar-refractivity contribution in [3.63, 3.8) is 0 Å². The van der Waals surface area contributed by atoms with Crippen molar-refractivity contribution >= 4 is 12.1 Å². The van der Waals surface area contributed by atoms with Gasteiger partial charge in [0, 0.05) is 6.42 Å². The van der Waals surface area contributed by atoms with Gasteiger partial charge in [-0.05, 0) is 44.0 Å². The van der Waals surface area contributed by atoms with E-state index in [1.165, 1.54) is 12.0 Å². The summed E-state index contributed by atoms with van der Waals surface area (Å²) in [5, 5.41) is 0. The fourth-order valence-electron chi connectivity index (χ4n) is 2.77. The molecule has 138 valence electrons. The minimum absolute atomic E-state index is 0.227. The summed E-state index contributed by atoms with van der Waals surface area (Å²) in [7, 11) is 4.41. The smallest absolute Gasteiger partial charge is 0.411 e. The zero-order valence-corrected chi connectivity index (χ0v) is 15.5. The molecule has 1 heterocycles. The van der Waals surface area contributed by atoms with Crippen molar-refractivity contribution in [2.24, 2.45) is 0 Å². The van der Waals surface area contributed by atoms with Crippen molar-refractivity contribution in [3.05, 3.63) is 23.3 Å². The summed E-state index contributed by atoms with van der Waals surface area (Å²) in [6.45, 7) is 5.57. The molecule has 0 aromatic heterocycles. The Morgan fingerprint density at radius 1 is 1.04 bits per heavy atom. The summed E-state index contributed by atoms with van der Waals surface area (Å²) >= 11 is 0. The molecule has 0 bridgehead atoms. The average Bonchev–Trinajstić information content (AvgIpc) is 2.56. The molecule has 1 atom stereocenters. The highest BCUT2D eigenvalue weighted by Crippen LogP contribution is 2.35. The quantitative estimate of drug-likeness (QED) is 0.779. The van der Waals surface area contributed by atoms with Gasteiger partial charge in [0.15, 0.2) is 11.5 Å². The largest absolute Gasteiger partial charge is 0.493 e. The Bertz CT molecular complexity index is 664. The Morgan fingerprint density at radius 2 is 1.60 bits per heavy atom. The third kappa shape index (κ3) is 4.15. The minimum atomic E-state index is -0.745. The van der Waals surface area contributed by atoms with Gasteiger partial charge in [0.05, 0.1) is 27.9 Å². The van der Waals surface area contributed by atoms with Gasteiger partial charge in [-0.3, -0.25) is 4.90 Å². The first kappa shape index (κ1) is 18.9. The number of amides is 1. The van der Waals surface area contributed by atoms with Crippen molar-refractivity contribution < 1.29 is 28.5 Å². The van der Waals surface area contributed by atoms with Crippen LogP contribution in [0.2, 0.25) is 0 Å². The Morgan fingerprint density at radius 3 is 2.08 bits per heavy atom. The molecule has 1 aliphatic heterocycles. The van der Waals surface area contributed by atoms with E-state index >= 15 is 0 Å². The molecule has 0 fully saturated rings. The summed E-state index contributed by atoms with van der Waals surface area (Å²) in [5.74, 6) is 0.670. The van der Waals surface area contributed by atoms with E-state index in [4.69, 9.17) is 18.9 Å². The number of ether oxygens (including phenoxy) is 4. The molecular weight excluding hydrogens is 326 g/mol. The van der Waals surface area contributed by atoms with E-state index in [2.05, 4.69) is 0 Å². The van der Waals surface area contributed by atoms with Gasteiger partial charge in [-0.2, -0.15) is 0 Å². The molecule has 0 saturated heterocycles. The molecule has 2 rings (SSSR count). The van der Waals surface area contributed by atoms with E-state index < -0.39 is 23.7 Å². The lowest BCUT2D eigenvalue weighted by Gasteiger charge is -2.36. The summed E-state index contributed by atoms with van der Waals surface area (Å²) in [5.41, 5.74) is 1.13. The molecule has 25 heavy (non-hydrogen) atoms. The van der Waals surface area contributed by atoms with Crippen LogP contribution in [-0.4, -0.2) is 49.9 Å². The minimum Gasteiger partial charge on any atom is -0.493 e. The van der Waals surface area contributed by atoms with Crippen LogP contribution >= 0.6 is 0 Å². The monoisotopic (exact) mass is 351 g/mol. The molecule has 1 aliphatic rings. The van der Waals surface area contributed by atoms with Crippen LogP contribution in [0.15, 0.2) is 12.1 Å². The van der Waals surface area contributed by atoms with Crippen molar-refractivity contribution in [2.75, 3.05) is 21.3 Å². The number of carbonyl (C=O) groups is 2. The third-order valence-electron chi connectivity index (χ3n) is 3.94. The lowest BCUT2D eigenvalue weighted by atomic mass is 9.93. The molecule has 7 nitrogen and oxygen atoms in total. The van der Waals surface area contributed by atoms with Crippen LogP contribution in [0.1, 0.15) is 31.9 Å². The first-order valence-electron chi connectivity index (χ1n) is 8.01. The highest BCUT2D eigenvalue weighted by atomic mass is 16.6. The van der Waals surface area contributed by atoms with Crippen LogP contribution in [0.25, 0.3) is 0 Å². The first-order valence-corrected chi connectivity index (χ1v) is 8.01. The van der Waals surface area contributed by atoms with Gasteiger partial charge in [0.1, 0.15) is 11.6 Å². The van der Waals surface area contributed by atoms with Crippen molar-refractivity contribution in [1.82, 2.24) is 4.90 Å². The highest BCUT2D eigenvalue weighted by Gasteiger charge is 2.38. The number of carbonyl (C=O) groups excluding carboxylic acids is 2. The molecule has 0 unspecified atom stereocenters. The zero-order valence-electron chi connectivity index (χ0n) is 15.5. The second-order valence-electron chi connectivity index (χ2n) is 6.83. The molecule has 0 N–H and O–H groups in total. The number of hydrogen-bond donors (Lipinski definition) is 0. The topological polar surface area (TPSA) is 74.3 Å². The van der Waals surface area contributed by atoms with Crippen LogP contribution in [0, 0.1) is 0 Å². The van der Waals surface area contributed by atoms with Crippen LogP contribution < -0.4 is 9.47 Å². The Hall–Kier alpha value is -2.44. The molecule has 1 aromatic rings. The predicted octanol–water partition coefficient (Wildman–Crippen LogP) is 2.54. The average molecular weight is 351 g/mol. The maximum atomic E-state index is 12.6. The number of benzene rings is 1. The standard InChI is InChI=1S/C18H25NO6/c1-18(2,3)25-17(21)19-10-12-9-15(23-5)14(22-4)8-11(12)7-13(19)16(20)24-6/h8-9,13H,7,10H2,1-6H3/t13-/m1/s1. The Balaban J connectivity index is 2.40. The van der Waals surface area contributed by atoms with Crippen molar-refractivity contribution in [3.8, 4) is 11.5 Å². The SMILES string of the molecule is COC(=O)[C@H]1Cc2cc(OC)c(OC)cc2CN1C(=O)OC(C)(C)C. The summed E-state index contributed by atoms with van der Waals surface area (Å²) in [4.78, 5) is 26.2. The molecule has 0 radical (unpaired) electrons. The van der Waals surface area contributed by atoms with Gasteiger partial charge in [-0.15, -0.1) is 0 Å². The van der Waals surface area contributed by atoms with E-state index in [9.17, 15) is 9.59 Å². The molecular formula is C18H25NO6. The number of nitrogens with zero attached hydrogens (tertiary/aromatic N) is 1. The molecule has 1 amide bonds. The number of esters is 1. The fourth-order valence-corrected chi connectivity index (χ4v) is 2.77. The van der Waals surface area contributed by atoms with Crippen LogP contribution in [0.3, 0.4) is 0 Å². The predicted molar refractivity (Wildman–Crippen MR) is 90.8 cm³/mol. The summed E-state index contributed by atoms with van der Waals surface area (Å²) in [6.07, 6.45) is -0.231. The first-order chi connectivity index (χ1) is 11.7. The van der Waals surface area contributed by atoms with Crippen LogP contribution in [0.5, 0.6) is 11.5 Å². The van der Waals surface area contributed by atoms with E-state index in [1.807, 2.05) is 12.1 Å². The van der Waals surface area contributed by atoms with E-state index in [1.54, 1.807) is 35.0 Å². The Kier molecular flexibility index (Phi) is 5.45. The van der Waals surface area contributed by atoms with Gasteiger partial charge in [0.25, 0.3) is 0 Å². The molecule has 7 heteroatoms. The maximum absolute atomic E-state index is 12.6. The van der Waals surface area contributed by atoms with Gasteiger partial charge < -0.3 is 18.9 Å². The van der Waals surface area contributed by atoms with Gasteiger partial charge >= 0.3 is 12.1 Å². The second kappa shape index (κ2) is 7.21. The number of hydrogen-bond acceptors (Lipinski definition) is 6. The third-order valence-corrected chi connectivity index (χ3v) is 3.94. The van der Waals surface area contributed by atoms with Gasteiger partial charge in [0.2, 0.25) is 0 Å². The number of rotatable bonds is 3. The van der Waals surface area contributed by atoms with Crippen LogP contribution in [-0.2, 0) is 27.2 Å². The van der Waals surface area contributed by atoms with Gasteiger partial charge in [-0.1, -0.05) is 0 Å². The van der Waals surface area contributed by atoms with E-state index in [0.717, 1.165) is 11.1 Å².